The highest BCUT2D eigenvalue weighted by molar-refractivity contribution is 7.89. The summed E-state index contributed by atoms with van der Waals surface area (Å²) in [5.74, 6) is 0. The smallest absolute Gasteiger partial charge is 0.270 e. The first kappa shape index (κ1) is 19.7. The quantitative estimate of drug-likeness (QED) is 0.550. The summed E-state index contributed by atoms with van der Waals surface area (Å²) in [7, 11) is -3.77. The Bertz CT molecular complexity index is 983. The number of nitro benzene ring substituents is 1. The molecule has 0 aromatic heterocycles. The molecule has 0 radical (unpaired) electrons. The van der Waals surface area contributed by atoms with E-state index in [0.717, 1.165) is 31.6 Å². The minimum absolute atomic E-state index is 0.0433. The molecule has 0 atom stereocenters. The number of nitrogens with zero attached hydrogens (tertiary/aromatic N) is 4. The van der Waals surface area contributed by atoms with Crippen molar-refractivity contribution >= 4 is 27.1 Å². The molecule has 2 aromatic carbocycles. The van der Waals surface area contributed by atoms with E-state index in [1.165, 1.54) is 16.4 Å². The predicted molar refractivity (Wildman–Crippen MR) is 112 cm³/mol. The number of para-hydroxylation sites is 1. The van der Waals surface area contributed by atoms with Gasteiger partial charge in [-0.3, -0.25) is 10.1 Å². The lowest BCUT2D eigenvalue weighted by Crippen LogP contribution is -2.47. The van der Waals surface area contributed by atoms with Gasteiger partial charge >= 0.3 is 0 Å². The van der Waals surface area contributed by atoms with Crippen molar-refractivity contribution in [3.05, 3.63) is 58.6 Å². The van der Waals surface area contributed by atoms with Gasteiger partial charge in [-0.2, -0.15) is 4.31 Å². The van der Waals surface area contributed by atoms with Gasteiger partial charge in [-0.25, -0.2) is 8.42 Å². The maximum Gasteiger partial charge on any atom is 0.270 e. The molecule has 0 N–H and O–H groups in total. The van der Waals surface area contributed by atoms with Crippen LogP contribution in [0.3, 0.4) is 0 Å². The van der Waals surface area contributed by atoms with E-state index in [1.54, 1.807) is 6.07 Å². The Kier molecular flexibility index (Phi) is 5.42. The van der Waals surface area contributed by atoms with Crippen molar-refractivity contribution < 1.29 is 13.3 Å². The monoisotopic (exact) mass is 416 g/mol. The molecule has 0 aliphatic carbocycles. The topological polar surface area (TPSA) is 87.0 Å². The average Bonchev–Trinajstić information content (AvgIpc) is 3.30. The number of benzene rings is 2. The fraction of sp³-hybridized carbons (Fsp3) is 0.400. The van der Waals surface area contributed by atoms with Gasteiger partial charge in [0.1, 0.15) is 4.90 Å². The van der Waals surface area contributed by atoms with Crippen molar-refractivity contribution in [1.29, 1.82) is 0 Å². The van der Waals surface area contributed by atoms with Crippen LogP contribution in [0.5, 0.6) is 0 Å². The van der Waals surface area contributed by atoms with Crippen LogP contribution in [-0.2, 0) is 10.0 Å². The Labute approximate surface area is 170 Å². The van der Waals surface area contributed by atoms with E-state index in [-0.39, 0.29) is 10.6 Å². The fourth-order valence-corrected chi connectivity index (χ4v) is 5.74. The molecule has 0 unspecified atom stereocenters. The average molecular weight is 417 g/mol. The minimum Gasteiger partial charge on any atom is -0.368 e. The molecule has 2 aliphatic rings. The first-order chi connectivity index (χ1) is 14.0. The van der Waals surface area contributed by atoms with Crippen LogP contribution in [0.25, 0.3) is 0 Å². The fourth-order valence-electron chi connectivity index (χ4n) is 4.00. The van der Waals surface area contributed by atoms with Crippen molar-refractivity contribution in [2.24, 2.45) is 0 Å². The molecular formula is C20H24N4O4S. The lowest BCUT2D eigenvalue weighted by Gasteiger charge is -2.38. The van der Waals surface area contributed by atoms with Crippen LogP contribution in [-0.4, -0.2) is 56.9 Å². The molecule has 0 amide bonds. The third kappa shape index (κ3) is 3.92. The van der Waals surface area contributed by atoms with Gasteiger partial charge in [0.25, 0.3) is 5.69 Å². The lowest BCUT2D eigenvalue weighted by molar-refractivity contribution is -0.385. The van der Waals surface area contributed by atoms with Gasteiger partial charge in [-0.15, -0.1) is 0 Å². The van der Waals surface area contributed by atoms with Crippen LogP contribution in [0.15, 0.2) is 53.4 Å². The van der Waals surface area contributed by atoms with E-state index in [4.69, 9.17) is 0 Å². The Morgan fingerprint density at radius 3 is 2.07 bits per heavy atom. The summed E-state index contributed by atoms with van der Waals surface area (Å²) >= 11 is 0. The van der Waals surface area contributed by atoms with Gasteiger partial charge in [0.15, 0.2) is 0 Å². The van der Waals surface area contributed by atoms with Crippen molar-refractivity contribution in [2.45, 2.75) is 17.7 Å². The van der Waals surface area contributed by atoms with Crippen LogP contribution < -0.4 is 9.80 Å². The molecule has 8 nitrogen and oxygen atoms in total. The number of non-ortho nitro benzene ring substituents is 1. The zero-order valence-electron chi connectivity index (χ0n) is 16.1. The van der Waals surface area contributed by atoms with E-state index in [1.807, 2.05) is 23.1 Å². The molecule has 154 valence electrons. The van der Waals surface area contributed by atoms with Crippen molar-refractivity contribution in [1.82, 2.24) is 4.31 Å². The Balaban J connectivity index is 1.63. The Morgan fingerprint density at radius 1 is 0.828 bits per heavy atom. The van der Waals surface area contributed by atoms with E-state index in [0.29, 0.717) is 31.9 Å². The van der Waals surface area contributed by atoms with Crippen LogP contribution in [0.4, 0.5) is 17.1 Å². The third-order valence-electron chi connectivity index (χ3n) is 5.58. The number of nitro groups is 1. The van der Waals surface area contributed by atoms with Gasteiger partial charge in [0, 0.05) is 57.1 Å². The summed E-state index contributed by atoms with van der Waals surface area (Å²) in [6, 6.07) is 14.3. The van der Waals surface area contributed by atoms with Crippen LogP contribution in [0.2, 0.25) is 0 Å². The minimum atomic E-state index is -3.77. The highest BCUT2D eigenvalue weighted by Crippen LogP contribution is 2.33. The number of sulfonamides is 1. The Hall–Kier alpha value is -2.65. The largest absolute Gasteiger partial charge is 0.368 e. The van der Waals surface area contributed by atoms with Crippen molar-refractivity contribution in [3.63, 3.8) is 0 Å². The maximum atomic E-state index is 13.2. The van der Waals surface area contributed by atoms with Gasteiger partial charge in [0.2, 0.25) is 10.0 Å². The molecular weight excluding hydrogens is 392 g/mol. The molecule has 2 fully saturated rings. The van der Waals surface area contributed by atoms with Crippen molar-refractivity contribution in [2.75, 3.05) is 49.1 Å². The normalized spacial score (nSPS) is 18.2. The molecule has 29 heavy (non-hydrogen) atoms. The standard InChI is InChI=1S/C20H24N4O4S/c25-24(26)18-8-9-19(20(16-18)29(27,28)23-10-4-5-11-23)22-14-12-21(13-15-22)17-6-2-1-3-7-17/h1-3,6-9,16H,4-5,10-15H2. The van der Waals surface area contributed by atoms with Gasteiger partial charge < -0.3 is 9.80 Å². The van der Waals surface area contributed by atoms with E-state index >= 15 is 0 Å². The molecule has 2 aliphatic heterocycles. The summed E-state index contributed by atoms with van der Waals surface area (Å²) in [4.78, 5) is 15.0. The summed E-state index contributed by atoms with van der Waals surface area (Å²) in [5, 5.41) is 11.3. The van der Waals surface area contributed by atoms with Crippen LogP contribution >= 0.6 is 0 Å². The summed E-state index contributed by atoms with van der Waals surface area (Å²) in [5.41, 5.74) is 1.49. The van der Waals surface area contributed by atoms with E-state index < -0.39 is 14.9 Å². The molecule has 0 bridgehead atoms. The number of hydrogen-bond donors (Lipinski definition) is 0. The molecule has 2 aromatic rings. The Morgan fingerprint density at radius 2 is 1.45 bits per heavy atom. The molecule has 2 heterocycles. The van der Waals surface area contributed by atoms with E-state index in [9.17, 15) is 18.5 Å². The van der Waals surface area contributed by atoms with Gasteiger partial charge in [-0.05, 0) is 31.0 Å². The van der Waals surface area contributed by atoms with Gasteiger partial charge in [0.05, 0.1) is 10.6 Å². The first-order valence-electron chi connectivity index (χ1n) is 9.80. The molecule has 9 heteroatoms. The summed E-state index contributed by atoms with van der Waals surface area (Å²) in [6.45, 7) is 3.73. The summed E-state index contributed by atoms with van der Waals surface area (Å²) in [6.07, 6.45) is 1.64. The zero-order chi connectivity index (χ0) is 20.4. The second-order valence-corrected chi connectivity index (χ2v) is 9.24. The van der Waals surface area contributed by atoms with Gasteiger partial charge in [-0.1, -0.05) is 18.2 Å². The number of anilines is 2. The molecule has 4 rings (SSSR count). The van der Waals surface area contributed by atoms with Crippen LogP contribution in [0.1, 0.15) is 12.8 Å². The molecule has 0 spiro atoms. The third-order valence-corrected chi connectivity index (χ3v) is 7.51. The zero-order valence-corrected chi connectivity index (χ0v) is 16.9. The molecule has 0 saturated carbocycles. The number of rotatable bonds is 5. The lowest BCUT2D eigenvalue weighted by atomic mass is 10.2. The number of piperazine rings is 1. The van der Waals surface area contributed by atoms with Crippen molar-refractivity contribution in [3.8, 4) is 0 Å². The maximum absolute atomic E-state index is 13.2. The number of hydrogen-bond acceptors (Lipinski definition) is 6. The second kappa shape index (κ2) is 8.00. The summed E-state index contributed by atoms with van der Waals surface area (Å²) < 4.78 is 27.9. The SMILES string of the molecule is O=[N+]([O-])c1ccc(N2CCN(c3ccccc3)CC2)c(S(=O)(=O)N2CCCC2)c1. The highest BCUT2D eigenvalue weighted by Gasteiger charge is 2.33. The van der Waals surface area contributed by atoms with E-state index in [2.05, 4.69) is 17.0 Å². The predicted octanol–water partition coefficient (Wildman–Crippen LogP) is 2.71. The molecule has 2 saturated heterocycles. The highest BCUT2D eigenvalue weighted by atomic mass is 32.2. The first-order valence-corrected chi connectivity index (χ1v) is 11.2. The van der Waals surface area contributed by atoms with Crippen LogP contribution in [0, 0.1) is 10.1 Å². The second-order valence-electron chi connectivity index (χ2n) is 7.33.